The second kappa shape index (κ2) is 3.26. The van der Waals surface area contributed by atoms with Crippen LogP contribution in [0.1, 0.15) is 30.2 Å². The van der Waals surface area contributed by atoms with Crippen LogP contribution < -0.4 is 5.32 Å². The standard InChI is InChI=1S/C11H15NS2/c1-8-7-14-11(12-8)5-2-3-10-9(11)4-6-13-10/h4,6,8,12H,2-3,5,7H2,1H3. The van der Waals surface area contributed by atoms with Gasteiger partial charge in [-0.1, -0.05) is 0 Å². The molecular weight excluding hydrogens is 210 g/mol. The van der Waals surface area contributed by atoms with E-state index in [9.17, 15) is 0 Å². The zero-order chi connectivity index (χ0) is 9.60. The van der Waals surface area contributed by atoms with Gasteiger partial charge in [0.05, 0.1) is 4.87 Å². The van der Waals surface area contributed by atoms with Gasteiger partial charge in [0, 0.05) is 16.7 Å². The van der Waals surface area contributed by atoms with Crippen LogP contribution in [-0.2, 0) is 11.3 Å². The van der Waals surface area contributed by atoms with Crippen LogP contribution in [0, 0.1) is 0 Å². The first-order valence-electron chi connectivity index (χ1n) is 5.29. The van der Waals surface area contributed by atoms with Crippen LogP contribution in [0.4, 0.5) is 0 Å². The highest BCUT2D eigenvalue weighted by molar-refractivity contribution is 8.00. The lowest BCUT2D eigenvalue weighted by molar-refractivity contribution is 0.411. The number of hydrogen-bond acceptors (Lipinski definition) is 3. The van der Waals surface area contributed by atoms with Crippen LogP contribution in [0.2, 0.25) is 0 Å². The molecule has 0 amide bonds. The molecule has 1 aromatic rings. The third-order valence-corrected chi connectivity index (χ3v) is 5.85. The van der Waals surface area contributed by atoms with Crippen LogP contribution in [-0.4, -0.2) is 11.8 Å². The molecule has 1 nitrogen and oxygen atoms in total. The van der Waals surface area contributed by atoms with E-state index >= 15 is 0 Å². The van der Waals surface area contributed by atoms with Gasteiger partial charge in [0.25, 0.3) is 0 Å². The molecule has 14 heavy (non-hydrogen) atoms. The summed E-state index contributed by atoms with van der Waals surface area (Å²) in [6, 6.07) is 3.00. The minimum absolute atomic E-state index is 0.285. The topological polar surface area (TPSA) is 12.0 Å². The summed E-state index contributed by atoms with van der Waals surface area (Å²) >= 11 is 4.05. The normalized spacial score (nSPS) is 36.2. The Labute approximate surface area is 93.3 Å². The van der Waals surface area contributed by atoms with E-state index in [1.165, 1.54) is 25.0 Å². The van der Waals surface area contributed by atoms with E-state index in [-0.39, 0.29) is 4.87 Å². The summed E-state index contributed by atoms with van der Waals surface area (Å²) in [4.78, 5) is 1.90. The van der Waals surface area contributed by atoms with Crippen molar-refractivity contribution in [3.05, 3.63) is 21.9 Å². The minimum atomic E-state index is 0.285. The first-order valence-corrected chi connectivity index (χ1v) is 7.15. The molecule has 0 radical (unpaired) electrons. The summed E-state index contributed by atoms with van der Waals surface area (Å²) in [5, 5.41) is 6.03. The second-order valence-electron chi connectivity index (χ2n) is 4.29. The molecule has 76 valence electrons. The molecule has 3 heteroatoms. The van der Waals surface area contributed by atoms with Gasteiger partial charge in [-0.15, -0.1) is 23.1 Å². The molecule has 1 aliphatic carbocycles. The average molecular weight is 225 g/mol. The zero-order valence-electron chi connectivity index (χ0n) is 8.38. The largest absolute Gasteiger partial charge is 0.296 e. The highest BCUT2D eigenvalue weighted by atomic mass is 32.2. The molecule has 1 fully saturated rings. The van der Waals surface area contributed by atoms with E-state index in [0.29, 0.717) is 6.04 Å². The van der Waals surface area contributed by atoms with Crippen LogP contribution in [0.25, 0.3) is 0 Å². The number of thiophene rings is 1. The Bertz CT molecular complexity index is 347. The summed E-state index contributed by atoms with van der Waals surface area (Å²) in [6.07, 6.45) is 3.96. The summed E-state index contributed by atoms with van der Waals surface area (Å²) in [5.41, 5.74) is 1.59. The van der Waals surface area contributed by atoms with Gasteiger partial charge in [-0.3, -0.25) is 5.32 Å². The summed E-state index contributed by atoms with van der Waals surface area (Å²) < 4.78 is 0. The molecule has 1 aliphatic heterocycles. The highest BCUT2D eigenvalue weighted by Crippen LogP contribution is 2.48. The van der Waals surface area contributed by atoms with E-state index in [0.717, 1.165) is 0 Å². The Morgan fingerprint density at radius 3 is 3.29 bits per heavy atom. The molecule has 1 saturated heterocycles. The maximum absolute atomic E-state index is 3.78. The molecule has 0 aromatic carbocycles. The molecule has 0 saturated carbocycles. The van der Waals surface area contributed by atoms with Gasteiger partial charge in [0.2, 0.25) is 0 Å². The van der Waals surface area contributed by atoms with E-state index < -0.39 is 0 Å². The smallest absolute Gasteiger partial charge is 0.0915 e. The van der Waals surface area contributed by atoms with Gasteiger partial charge in [-0.05, 0) is 43.2 Å². The van der Waals surface area contributed by atoms with E-state index in [4.69, 9.17) is 0 Å². The van der Waals surface area contributed by atoms with Crippen molar-refractivity contribution in [2.75, 3.05) is 5.75 Å². The lowest BCUT2D eigenvalue weighted by atomic mass is 9.93. The lowest BCUT2D eigenvalue weighted by Gasteiger charge is -2.33. The Morgan fingerprint density at radius 1 is 1.57 bits per heavy atom. The van der Waals surface area contributed by atoms with Gasteiger partial charge in [0.1, 0.15) is 0 Å². The number of nitrogens with one attached hydrogen (secondary N) is 1. The monoisotopic (exact) mass is 225 g/mol. The van der Waals surface area contributed by atoms with Gasteiger partial charge in [0.15, 0.2) is 0 Å². The van der Waals surface area contributed by atoms with Crippen LogP contribution in [0.5, 0.6) is 0 Å². The average Bonchev–Trinajstić information content (AvgIpc) is 2.75. The molecular formula is C11H15NS2. The molecule has 2 heterocycles. The van der Waals surface area contributed by atoms with Crippen molar-refractivity contribution >= 4 is 23.1 Å². The maximum Gasteiger partial charge on any atom is 0.0915 e. The first-order chi connectivity index (χ1) is 6.80. The molecule has 1 aromatic heterocycles. The number of rotatable bonds is 0. The Morgan fingerprint density at radius 2 is 2.50 bits per heavy atom. The minimum Gasteiger partial charge on any atom is -0.296 e. The van der Waals surface area contributed by atoms with Crippen molar-refractivity contribution in [3.8, 4) is 0 Å². The van der Waals surface area contributed by atoms with Gasteiger partial charge < -0.3 is 0 Å². The second-order valence-corrected chi connectivity index (χ2v) is 6.61. The first kappa shape index (κ1) is 9.25. The van der Waals surface area contributed by atoms with Crippen molar-refractivity contribution in [1.29, 1.82) is 0 Å². The number of fused-ring (bicyclic) bond motifs is 2. The SMILES string of the molecule is CC1CSC2(CCCc3sccc32)N1. The molecule has 2 atom stereocenters. The summed E-state index contributed by atoms with van der Waals surface area (Å²) in [5.74, 6) is 1.26. The van der Waals surface area contributed by atoms with Crippen LogP contribution in [0.15, 0.2) is 11.4 Å². The quantitative estimate of drug-likeness (QED) is 0.728. The molecule has 1 spiro atoms. The highest BCUT2D eigenvalue weighted by Gasteiger charge is 2.42. The van der Waals surface area contributed by atoms with Crippen molar-refractivity contribution in [3.63, 3.8) is 0 Å². The van der Waals surface area contributed by atoms with Crippen LogP contribution >= 0.6 is 23.1 Å². The lowest BCUT2D eigenvalue weighted by Crippen LogP contribution is -2.40. The number of aryl methyl sites for hydroxylation is 1. The van der Waals surface area contributed by atoms with E-state index in [1.54, 1.807) is 10.4 Å². The molecule has 2 aliphatic rings. The fourth-order valence-corrected chi connectivity index (χ4v) is 5.18. The maximum atomic E-state index is 3.78. The Hall–Kier alpha value is 0.01000. The van der Waals surface area contributed by atoms with Gasteiger partial charge in [-0.2, -0.15) is 0 Å². The van der Waals surface area contributed by atoms with E-state index in [1.807, 2.05) is 11.3 Å². The van der Waals surface area contributed by atoms with Crippen LogP contribution in [0.3, 0.4) is 0 Å². The molecule has 0 bridgehead atoms. The Balaban J connectivity index is 2.03. The van der Waals surface area contributed by atoms with E-state index in [2.05, 4.69) is 35.4 Å². The molecule has 1 N–H and O–H groups in total. The third kappa shape index (κ3) is 1.26. The fraction of sp³-hybridized carbons (Fsp3) is 0.636. The third-order valence-electron chi connectivity index (χ3n) is 3.17. The predicted molar refractivity (Wildman–Crippen MR) is 64.0 cm³/mol. The summed E-state index contributed by atoms with van der Waals surface area (Å²) in [7, 11) is 0. The number of hydrogen-bond donors (Lipinski definition) is 1. The fourth-order valence-electron chi connectivity index (χ4n) is 2.58. The van der Waals surface area contributed by atoms with Crippen molar-refractivity contribution in [1.82, 2.24) is 5.32 Å². The molecule has 2 unspecified atom stereocenters. The molecule has 3 rings (SSSR count). The summed E-state index contributed by atoms with van der Waals surface area (Å²) in [6.45, 7) is 2.29. The number of thioether (sulfide) groups is 1. The van der Waals surface area contributed by atoms with Crippen molar-refractivity contribution in [2.24, 2.45) is 0 Å². The van der Waals surface area contributed by atoms with Crippen molar-refractivity contribution in [2.45, 2.75) is 37.1 Å². The van der Waals surface area contributed by atoms with Gasteiger partial charge >= 0.3 is 0 Å². The Kier molecular flexibility index (Phi) is 2.15. The zero-order valence-corrected chi connectivity index (χ0v) is 10.0. The predicted octanol–water partition coefficient (Wildman–Crippen LogP) is 2.96. The van der Waals surface area contributed by atoms with Gasteiger partial charge in [-0.25, -0.2) is 0 Å². The van der Waals surface area contributed by atoms with Crippen molar-refractivity contribution < 1.29 is 0 Å².